The normalized spacial score (nSPS) is 15.0. The Morgan fingerprint density at radius 1 is 1.21 bits per heavy atom. The van der Waals surface area contributed by atoms with Crippen LogP contribution in [0.2, 0.25) is 18.1 Å². The van der Waals surface area contributed by atoms with Gasteiger partial charge in [-0.1, -0.05) is 50.6 Å². The van der Waals surface area contributed by atoms with Crippen LogP contribution in [-0.2, 0) is 14.4 Å². The Bertz CT molecular complexity index is 658. The number of rotatable bonds is 7. The molecule has 0 fully saturated rings. The smallest absolute Gasteiger partial charge is 0.240 e. The highest BCUT2D eigenvalue weighted by Gasteiger charge is 2.38. The van der Waals surface area contributed by atoms with Gasteiger partial charge in [0.15, 0.2) is 8.32 Å². The lowest BCUT2D eigenvalue weighted by atomic mass is 10.2. The zero-order valence-corrected chi connectivity index (χ0v) is 17.7. The monoisotopic (exact) mass is 369 g/mol. The van der Waals surface area contributed by atoms with Crippen molar-refractivity contribution in [2.75, 3.05) is 6.54 Å². The molecule has 1 N–H and O–H groups in total. The molecule has 24 heavy (non-hydrogen) atoms. The van der Waals surface area contributed by atoms with Gasteiger partial charge in [-0.25, -0.2) is 13.1 Å². The molecular weight excluding hydrogens is 338 g/mol. The Hall–Kier alpha value is -0.953. The summed E-state index contributed by atoms with van der Waals surface area (Å²) < 4.78 is 33.9. The van der Waals surface area contributed by atoms with Crippen LogP contribution in [0, 0.1) is 6.92 Å². The van der Waals surface area contributed by atoms with Crippen LogP contribution < -0.4 is 4.72 Å². The quantitative estimate of drug-likeness (QED) is 0.578. The van der Waals surface area contributed by atoms with Crippen molar-refractivity contribution in [3.63, 3.8) is 0 Å². The molecule has 0 spiro atoms. The van der Waals surface area contributed by atoms with Gasteiger partial charge in [0.25, 0.3) is 0 Å². The Labute approximate surface area is 148 Å². The van der Waals surface area contributed by atoms with Gasteiger partial charge in [0.1, 0.15) is 0 Å². The summed E-state index contributed by atoms with van der Waals surface area (Å²) in [5.41, 5.74) is 1.03. The van der Waals surface area contributed by atoms with Crippen LogP contribution in [0.5, 0.6) is 0 Å². The van der Waals surface area contributed by atoms with Crippen LogP contribution in [0.25, 0.3) is 0 Å². The van der Waals surface area contributed by atoms with Crippen LogP contribution >= 0.6 is 0 Å². The van der Waals surface area contributed by atoms with Gasteiger partial charge in [0, 0.05) is 6.54 Å². The fourth-order valence-corrected chi connectivity index (χ4v) is 4.23. The predicted octanol–water partition coefficient (Wildman–Crippen LogP) is 4.24. The third-order valence-electron chi connectivity index (χ3n) is 4.47. The highest BCUT2D eigenvalue weighted by atomic mass is 32.2. The van der Waals surface area contributed by atoms with Gasteiger partial charge >= 0.3 is 0 Å². The van der Waals surface area contributed by atoms with Crippen molar-refractivity contribution in [3.05, 3.63) is 42.0 Å². The summed E-state index contributed by atoms with van der Waals surface area (Å²) in [6.45, 7) is 14.9. The van der Waals surface area contributed by atoms with E-state index >= 15 is 0 Å². The number of allylic oxidation sites excluding steroid dienone is 1. The van der Waals surface area contributed by atoms with E-state index in [2.05, 4.69) is 38.6 Å². The van der Waals surface area contributed by atoms with E-state index in [9.17, 15) is 8.42 Å². The maximum Gasteiger partial charge on any atom is 0.240 e. The minimum Gasteiger partial charge on any atom is -0.409 e. The van der Waals surface area contributed by atoms with E-state index in [1.807, 2.05) is 26.0 Å². The summed E-state index contributed by atoms with van der Waals surface area (Å²) in [6.07, 6.45) is 3.55. The number of aryl methyl sites for hydroxylation is 1. The first-order valence-electron chi connectivity index (χ1n) is 8.26. The zero-order chi connectivity index (χ0) is 18.6. The summed E-state index contributed by atoms with van der Waals surface area (Å²) in [4.78, 5) is 0.277. The maximum absolute atomic E-state index is 12.4. The molecule has 0 aromatic heterocycles. The molecule has 0 amide bonds. The number of hydrogen-bond acceptors (Lipinski definition) is 3. The van der Waals surface area contributed by atoms with Crippen molar-refractivity contribution < 1.29 is 12.8 Å². The molecule has 0 bridgehead atoms. The molecular formula is C18H31NO3SSi. The first kappa shape index (κ1) is 21.1. The third-order valence-corrected chi connectivity index (χ3v) is 10.4. The Kier molecular flexibility index (Phi) is 6.99. The molecule has 1 rings (SSSR count). The van der Waals surface area contributed by atoms with Crippen molar-refractivity contribution in [2.24, 2.45) is 0 Å². The van der Waals surface area contributed by atoms with E-state index in [0.717, 1.165) is 5.56 Å². The van der Waals surface area contributed by atoms with E-state index in [4.69, 9.17) is 4.43 Å². The molecule has 1 aromatic rings. The summed E-state index contributed by atoms with van der Waals surface area (Å²) in [5, 5.41) is 0.0721. The highest BCUT2D eigenvalue weighted by molar-refractivity contribution is 7.89. The molecule has 0 aliphatic heterocycles. The van der Waals surface area contributed by atoms with Gasteiger partial charge < -0.3 is 4.43 Å². The molecule has 1 unspecified atom stereocenters. The first-order valence-corrected chi connectivity index (χ1v) is 12.7. The number of benzene rings is 1. The van der Waals surface area contributed by atoms with Crippen molar-refractivity contribution >= 4 is 18.3 Å². The largest absolute Gasteiger partial charge is 0.409 e. The standard InChI is InChI=1S/C18H31NO3SSi/c1-8-9-16(22-24(6,7)18(3,4)5)14-19-23(20,21)17-12-10-15(2)11-13-17/h8-13,16,19H,14H2,1-7H3/b9-8+. The minimum atomic E-state index is -3.53. The van der Waals surface area contributed by atoms with Gasteiger partial charge in [-0.05, 0) is 44.1 Å². The Morgan fingerprint density at radius 2 is 1.75 bits per heavy atom. The van der Waals surface area contributed by atoms with E-state index in [1.54, 1.807) is 24.3 Å². The fraction of sp³-hybridized carbons (Fsp3) is 0.556. The summed E-state index contributed by atoms with van der Waals surface area (Å²) in [6, 6.07) is 6.84. The van der Waals surface area contributed by atoms with Crippen LogP contribution in [0.4, 0.5) is 0 Å². The summed E-state index contributed by atoms with van der Waals surface area (Å²) >= 11 is 0. The Morgan fingerprint density at radius 3 is 2.21 bits per heavy atom. The van der Waals surface area contributed by atoms with Gasteiger partial charge in [-0.2, -0.15) is 0 Å². The molecule has 0 aliphatic carbocycles. The van der Waals surface area contributed by atoms with Gasteiger partial charge in [-0.3, -0.25) is 0 Å². The van der Waals surface area contributed by atoms with Crippen molar-refractivity contribution in [1.29, 1.82) is 0 Å². The van der Waals surface area contributed by atoms with E-state index in [1.165, 1.54) is 0 Å². The third kappa shape index (κ3) is 5.84. The molecule has 0 saturated heterocycles. The van der Waals surface area contributed by atoms with Crippen LogP contribution in [0.3, 0.4) is 0 Å². The number of nitrogens with one attached hydrogen (secondary N) is 1. The minimum absolute atomic E-state index is 0.0721. The number of sulfonamides is 1. The molecule has 1 atom stereocenters. The average Bonchev–Trinajstić information content (AvgIpc) is 2.44. The van der Waals surface area contributed by atoms with E-state index in [-0.39, 0.29) is 22.6 Å². The zero-order valence-electron chi connectivity index (χ0n) is 15.9. The summed E-state index contributed by atoms with van der Waals surface area (Å²) in [5.74, 6) is 0. The lowest BCUT2D eigenvalue weighted by Crippen LogP contribution is -2.46. The first-order chi connectivity index (χ1) is 10.9. The molecule has 4 nitrogen and oxygen atoms in total. The van der Waals surface area contributed by atoms with Crippen molar-refractivity contribution in [2.45, 2.75) is 63.8 Å². The second-order valence-corrected chi connectivity index (χ2v) is 14.1. The van der Waals surface area contributed by atoms with Crippen molar-refractivity contribution in [1.82, 2.24) is 4.72 Å². The van der Waals surface area contributed by atoms with E-state index in [0.29, 0.717) is 0 Å². The van der Waals surface area contributed by atoms with Gasteiger partial charge in [-0.15, -0.1) is 0 Å². The lowest BCUT2D eigenvalue weighted by molar-refractivity contribution is 0.227. The molecule has 0 heterocycles. The average molecular weight is 370 g/mol. The van der Waals surface area contributed by atoms with Crippen LogP contribution in [0.1, 0.15) is 33.3 Å². The molecule has 0 saturated carbocycles. The van der Waals surface area contributed by atoms with Crippen LogP contribution in [-0.4, -0.2) is 29.4 Å². The fourth-order valence-electron chi connectivity index (χ4n) is 1.91. The maximum atomic E-state index is 12.4. The molecule has 1 aromatic carbocycles. The van der Waals surface area contributed by atoms with Crippen molar-refractivity contribution in [3.8, 4) is 0 Å². The molecule has 136 valence electrons. The van der Waals surface area contributed by atoms with Crippen LogP contribution in [0.15, 0.2) is 41.3 Å². The molecule has 6 heteroatoms. The van der Waals surface area contributed by atoms with E-state index < -0.39 is 18.3 Å². The SMILES string of the molecule is C/C=C/C(CNS(=O)(=O)c1ccc(C)cc1)O[Si](C)(C)C(C)(C)C. The van der Waals surface area contributed by atoms with Gasteiger partial charge in [0.2, 0.25) is 10.0 Å². The Balaban J connectivity index is 2.85. The number of hydrogen-bond donors (Lipinski definition) is 1. The second kappa shape index (κ2) is 7.95. The highest BCUT2D eigenvalue weighted by Crippen LogP contribution is 2.37. The molecule has 0 radical (unpaired) electrons. The molecule has 0 aliphatic rings. The lowest BCUT2D eigenvalue weighted by Gasteiger charge is -2.38. The summed E-state index contributed by atoms with van der Waals surface area (Å²) in [7, 11) is -5.50. The topological polar surface area (TPSA) is 55.4 Å². The predicted molar refractivity (Wildman–Crippen MR) is 103 cm³/mol. The second-order valence-electron chi connectivity index (χ2n) is 7.61. The van der Waals surface area contributed by atoms with Gasteiger partial charge in [0.05, 0.1) is 11.0 Å².